The van der Waals surface area contributed by atoms with E-state index in [1.165, 1.54) is 32.9 Å². The summed E-state index contributed by atoms with van der Waals surface area (Å²) in [6, 6.07) is 0.970. The number of fused-ring (bicyclic) bond motifs is 1. The molecule has 0 amide bonds. The van der Waals surface area contributed by atoms with Crippen LogP contribution in [-0.4, -0.2) is 74.2 Å². The number of piperazine rings is 1. The summed E-state index contributed by atoms with van der Waals surface area (Å²) in [4.78, 5) is 16.7. The summed E-state index contributed by atoms with van der Waals surface area (Å²) in [5.41, 5.74) is 0. The predicted molar refractivity (Wildman–Crippen MR) is 75.1 cm³/mol. The first-order valence-corrected chi connectivity index (χ1v) is 7.39. The minimum atomic E-state index is -0.220. The number of hydrogen-bond acceptors (Lipinski definition) is 5. The van der Waals surface area contributed by atoms with Crippen LogP contribution >= 0.6 is 0 Å². The Hall–Kier alpha value is -0.650. The van der Waals surface area contributed by atoms with E-state index < -0.39 is 0 Å². The number of carbonyl (C=O) groups is 1. The van der Waals surface area contributed by atoms with Gasteiger partial charge in [0.25, 0.3) is 0 Å². The van der Waals surface area contributed by atoms with Crippen molar-refractivity contribution >= 4 is 5.97 Å². The van der Waals surface area contributed by atoms with Gasteiger partial charge in [-0.15, -0.1) is 0 Å². The summed E-state index contributed by atoms with van der Waals surface area (Å²) in [5.74, 6) is -0.166. The molecule has 0 spiro atoms. The van der Waals surface area contributed by atoms with Gasteiger partial charge in [0.1, 0.15) is 6.04 Å². The number of rotatable bonds is 4. The second-order valence-electron chi connectivity index (χ2n) is 5.81. The first-order chi connectivity index (χ1) is 9.15. The lowest BCUT2D eigenvalue weighted by Crippen LogP contribution is -2.61. The Morgan fingerprint density at radius 2 is 2.21 bits per heavy atom. The van der Waals surface area contributed by atoms with Crippen molar-refractivity contribution in [1.82, 2.24) is 15.1 Å². The Kier molecular flexibility index (Phi) is 5.19. The number of methoxy groups -OCH3 is 1. The van der Waals surface area contributed by atoms with Crippen LogP contribution in [0.25, 0.3) is 0 Å². The van der Waals surface area contributed by atoms with Crippen LogP contribution in [0.4, 0.5) is 0 Å². The second kappa shape index (κ2) is 6.68. The fraction of sp³-hybridized carbons (Fsp3) is 0.929. The number of hydrogen-bond donors (Lipinski definition) is 1. The molecule has 2 fully saturated rings. The molecule has 2 heterocycles. The highest BCUT2D eigenvalue weighted by molar-refractivity contribution is 5.75. The number of piperidine rings is 1. The monoisotopic (exact) mass is 269 g/mol. The fourth-order valence-corrected chi connectivity index (χ4v) is 3.33. The van der Waals surface area contributed by atoms with Gasteiger partial charge in [-0.25, -0.2) is 0 Å². The Bertz CT molecular complexity index is 311. The van der Waals surface area contributed by atoms with E-state index in [2.05, 4.69) is 22.0 Å². The van der Waals surface area contributed by atoms with Gasteiger partial charge in [0.2, 0.25) is 0 Å². The molecule has 110 valence electrons. The highest BCUT2D eigenvalue weighted by Crippen LogP contribution is 2.24. The van der Waals surface area contributed by atoms with Crippen molar-refractivity contribution in [3.8, 4) is 0 Å². The molecule has 2 aliphatic rings. The van der Waals surface area contributed by atoms with Gasteiger partial charge < -0.3 is 10.1 Å². The lowest BCUT2D eigenvalue weighted by atomic mass is 9.97. The third-order valence-electron chi connectivity index (χ3n) is 4.57. The van der Waals surface area contributed by atoms with Crippen molar-refractivity contribution in [3.63, 3.8) is 0 Å². The van der Waals surface area contributed by atoms with Gasteiger partial charge in [-0.2, -0.15) is 0 Å². The molecule has 3 atom stereocenters. The number of likely N-dealkylation sites (N-methyl/N-ethyl adjacent to an activating group) is 1. The smallest absolute Gasteiger partial charge is 0.324 e. The molecule has 5 heteroatoms. The van der Waals surface area contributed by atoms with E-state index in [4.69, 9.17) is 4.74 Å². The maximum absolute atomic E-state index is 11.7. The molecule has 1 N–H and O–H groups in total. The van der Waals surface area contributed by atoms with Crippen molar-refractivity contribution in [3.05, 3.63) is 0 Å². The Morgan fingerprint density at radius 1 is 1.42 bits per heavy atom. The molecular formula is C14H27N3O2. The zero-order valence-corrected chi connectivity index (χ0v) is 12.4. The van der Waals surface area contributed by atoms with Crippen molar-refractivity contribution in [2.75, 3.05) is 40.3 Å². The second-order valence-corrected chi connectivity index (χ2v) is 5.81. The standard InChI is InChI=1S/C14H27N3O2/c1-11-8-16-7-5-4-6-12(16)9-17(11)10-13(15-2)14(18)19-3/h11-13,15H,4-10H2,1-3H3. The highest BCUT2D eigenvalue weighted by Gasteiger charge is 2.34. The Balaban J connectivity index is 1.93. The van der Waals surface area contributed by atoms with Crippen molar-refractivity contribution in [2.45, 2.75) is 44.3 Å². The number of nitrogens with zero attached hydrogens (tertiary/aromatic N) is 2. The molecule has 2 aliphatic heterocycles. The van der Waals surface area contributed by atoms with Crippen LogP contribution < -0.4 is 5.32 Å². The molecule has 2 saturated heterocycles. The SMILES string of the molecule is CNC(CN1CC2CCCCN2CC1C)C(=O)OC. The topological polar surface area (TPSA) is 44.8 Å². The molecule has 0 aromatic heterocycles. The van der Waals surface area contributed by atoms with Gasteiger partial charge in [-0.05, 0) is 33.4 Å². The first-order valence-electron chi connectivity index (χ1n) is 7.39. The minimum Gasteiger partial charge on any atom is -0.468 e. The molecule has 0 bridgehead atoms. The summed E-state index contributed by atoms with van der Waals surface area (Å²) < 4.78 is 4.85. The van der Waals surface area contributed by atoms with Crippen molar-refractivity contribution in [2.24, 2.45) is 0 Å². The van der Waals surface area contributed by atoms with Crippen LogP contribution in [0.2, 0.25) is 0 Å². The summed E-state index contributed by atoms with van der Waals surface area (Å²) in [6.45, 7) is 6.46. The van der Waals surface area contributed by atoms with Gasteiger partial charge in [0.15, 0.2) is 0 Å². The van der Waals surface area contributed by atoms with Gasteiger partial charge in [-0.1, -0.05) is 6.42 Å². The summed E-state index contributed by atoms with van der Waals surface area (Å²) in [7, 11) is 3.28. The van der Waals surface area contributed by atoms with Gasteiger partial charge in [0.05, 0.1) is 7.11 Å². The van der Waals surface area contributed by atoms with Crippen molar-refractivity contribution < 1.29 is 9.53 Å². The minimum absolute atomic E-state index is 0.166. The summed E-state index contributed by atoms with van der Waals surface area (Å²) >= 11 is 0. The van der Waals surface area contributed by atoms with E-state index in [0.717, 1.165) is 19.6 Å². The first kappa shape index (κ1) is 14.8. The number of esters is 1. The molecule has 0 aromatic carbocycles. The number of nitrogens with one attached hydrogen (secondary N) is 1. The van der Waals surface area contributed by atoms with E-state index >= 15 is 0 Å². The fourth-order valence-electron chi connectivity index (χ4n) is 3.33. The largest absolute Gasteiger partial charge is 0.468 e. The van der Waals surface area contributed by atoms with Crippen LogP contribution in [0.5, 0.6) is 0 Å². The molecule has 19 heavy (non-hydrogen) atoms. The third kappa shape index (κ3) is 3.46. The molecule has 0 aliphatic carbocycles. The molecule has 0 radical (unpaired) electrons. The van der Waals surface area contributed by atoms with E-state index in [9.17, 15) is 4.79 Å². The van der Waals surface area contributed by atoms with Gasteiger partial charge in [0, 0.05) is 31.7 Å². The molecule has 0 aromatic rings. The van der Waals surface area contributed by atoms with E-state index in [1.54, 1.807) is 0 Å². The highest BCUT2D eigenvalue weighted by atomic mass is 16.5. The Morgan fingerprint density at radius 3 is 2.89 bits per heavy atom. The van der Waals surface area contributed by atoms with Crippen molar-refractivity contribution in [1.29, 1.82) is 0 Å². The molecule has 0 saturated carbocycles. The average Bonchev–Trinajstić information content (AvgIpc) is 2.44. The van der Waals surface area contributed by atoms with E-state index in [0.29, 0.717) is 12.1 Å². The molecular weight excluding hydrogens is 242 g/mol. The van der Waals surface area contributed by atoms with Crippen LogP contribution in [-0.2, 0) is 9.53 Å². The number of carbonyl (C=O) groups excluding carboxylic acids is 1. The quantitative estimate of drug-likeness (QED) is 0.744. The van der Waals surface area contributed by atoms with E-state index in [1.807, 2.05) is 7.05 Å². The maximum atomic E-state index is 11.7. The van der Waals surface area contributed by atoms with Crippen LogP contribution in [0.3, 0.4) is 0 Å². The lowest BCUT2D eigenvalue weighted by molar-refractivity contribution is -0.144. The zero-order chi connectivity index (χ0) is 13.8. The van der Waals surface area contributed by atoms with Crippen LogP contribution in [0.15, 0.2) is 0 Å². The normalized spacial score (nSPS) is 30.7. The summed E-state index contributed by atoms with van der Waals surface area (Å²) in [5, 5.41) is 3.06. The summed E-state index contributed by atoms with van der Waals surface area (Å²) in [6.07, 6.45) is 3.98. The molecule has 3 unspecified atom stereocenters. The molecule has 5 nitrogen and oxygen atoms in total. The van der Waals surface area contributed by atoms with E-state index in [-0.39, 0.29) is 12.0 Å². The number of ether oxygens (including phenoxy) is 1. The van der Waals surface area contributed by atoms with Gasteiger partial charge >= 0.3 is 5.97 Å². The Labute approximate surface area is 116 Å². The van der Waals surface area contributed by atoms with Crippen LogP contribution in [0.1, 0.15) is 26.2 Å². The van der Waals surface area contributed by atoms with Gasteiger partial charge in [-0.3, -0.25) is 14.6 Å². The third-order valence-corrected chi connectivity index (χ3v) is 4.57. The zero-order valence-electron chi connectivity index (χ0n) is 12.4. The average molecular weight is 269 g/mol. The maximum Gasteiger partial charge on any atom is 0.324 e. The lowest BCUT2D eigenvalue weighted by Gasteiger charge is -2.48. The van der Waals surface area contributed by atoms with Crippen LogP contribution in [0, 0.1) is 0 Å². The molecule has 2 rings (SSSR count). The predicted octanol–water partition coefficient (Wildman–Crippen LogP) is 0.306.